The molecule has 0 spiro atoms. The average Bonchev–Trinajstić information content (AvgIpc) is 3.46. The molecule has 2 amide bonds. The Labute approximate surface area is 246 Å². The third kappa shape index (κ3) is 5.94. The van der Waals surface area contributed by atoms with E-state index in [1.807, 2.05) is 55.5 Å². The van der Waals surface area contributed by atoms with Gasteiger partial charge in [0.1, 0.15) is 17.4 Å². The van der Waals surface area contributed by atoms with E-state index in [0.29, 0.717) is 48.0 Å². The van der Waals surface area contributed by atoms with E-state index in [4.69, 9.17) is 4.74 Å². The summed E-state index contributed by atoms with van der Waals surface area (Å²) in [5.41, 5.74) is 3.99. The summed E-state index contributed by atoms with van der Waals surface area (Å²) in [5.74, 6) is 0.00866. The van der Waals surface area contributed by atoms with E-state index < -0.39 is 0 Å². The van der Waals surface area contributed by atoms with Gasteiger partial charge in [-0.3, -0.25) is 19.4 Å². The standard InChI is InChI=1S/C32H29N5O4S/c1-20-17-23(25-9-5-6-10-27(25)33-20)19-41-24-13-11-21(12-14-24)29(38)34-28-15-16-37(31(39)22-7-3-2-4-8-22)18-26(28)30-35-36-32(40)42-30/h2-14,17,26,28H,15-16,18-19H2,1H3,(H,34,38)(H,36,40). The van der Waals surface area contributed by atoms with Crippen LogP contribution in [0.4, 0.5) is 0 Å². The number of aromatic nitrogens is 3. The summed E-state index contributed by atoms with van der Waals surface area (Å²) < 4.78 is 6.05. The van der Waals surface area contributed by atoms with Gasteiger partial charge in [-0.15, -0.1) is 0 Å². The fourth-order valence-electron chi connectivity index (χ4n) is 5.35. The number of nitrogens with one attached hydrogen (secondary N) is 2. The molecule has 1 saturated heterocycles. The topological polar surface area (TPSA) is 117 Å². The van der Waals surface area contributed by atoms with Gasteiger partial charge in [-0.25, -0.2) is 5.10 Å². The lowest BCUT2D eigenvalue weighted by Crippen LogP contribution is -2.51. The minimum absolute atomic E-state index is 0.0845. The second-order valence-electron chi connectivity index (χ2n) is 10.3. The molecule has 3 aromatic carbocycles. The fraction of sp³-hybridized carbons (Fsp3) is 0.219. The van der Waals surface area contributed by atoms with Gasteiger partial charge in [0.15, 0.2) is 0 Å². The van der Waals surface area contributed by atoms with Gasteiger partial charge in [-0.05, 0) is 61.9 Å². The summed E-state index contributed by atoms with van der Waals surface area (Å²) in [5, 5.41) is 11.4. The zero-order valence-electron chi connectivity index (χ0n) is 22.9. The number of likely N-dealkylation sites (tertiary alicyclic amines) is 1. The first-order chi connectivity index (χ1) is 20.4. The molecule has 5 aromatic rings. The first-order valence-corrected chi connectivity index (χ1v) is 14.5. The van der Waals surface area contributed by atoms with Gasteiger partial charge in [0.25, 0.3) is 11.8 Å². The summed E-state index contributed by atoms with van der Waals surface area (Å²) in [7, 11) is 0. The highest BCUT2D eigenvalue weighted by Gasteiger charge is 2.36. The van der Waals surface area contributed by atoms with Crippen LogP contribution in [0.5, 0.6) is 5.75 Å². The number of benzene rings is 3. The molecule has 3 heterocycles. The molecule has 2 N–H and O–H groups in total. The first-order valence-electron chi connectivity index (χ1n) is 13.7. The number of rotatable bonds is 7. The maximum atomic E-state index is 13.3. The Morgan fingerprint density at radius 1 is 1.02 bits per heavy atom. The maximum Gasteiger partial charge on any atom is 0.322 e. The number of hydrogen-bond acceptors (Lipinski definition) is 7. The Kier molecular flexibility index (Phi) is 7.78. The maximum absolute atomic E-state index is 13.3. The zero-order valence-corrected chi connectivity index (χ0v) is 23.8. The number of pyridine rings is 1. The number of H-pyrrole nitrogens is 1. The number of ether oxygens (including phenoxy) is 1. The Morgan fingerprint density at radius 2 is 1.79 bits per heavy atom. The van der Waals surface area contributed by atoms with Gasteiger partial charge in [0, 0.05) is 46.9 Å². The van der Waals surface area contributed by atoms with Crippen molar-refractivity contribution in [3.8, 4) is 5.75 Å². The smallest absolute Gasteiger partial charge is 0.322 e. The van der Waals surface area contributed by atoms with Crippen LogP contribution in [-0.4, -0.2) is 51.0 Å². The number of piperidine rings is 1. The molecule has 6 rings (SSSR count). The minimum Gasteiger partial charge on any atom is -0.489 e. The van der Waals surface area contributed by atoms with Crippen LogP contribution < -0.4 is 14.9 Å². The number of aromatic amines is 1. The average molecular weight is 580 g/mol. The van der Waals surface area contributed by atoms with E-state index in [1.165, 1.54) is 0 Å². The second kappa shape index (κ2) is 12.0. The Morgan fingerprint density at radius 3 is 2.55 bits per heavy atom. The van der Waals surface area contributed by atoms with Crippen molar-refractivity contribution < 1.29 is 14.3 Å². The largest absolute Gasteiger partial charge is 0.489 e. The summed E-state index contributed by atoms with van der Waals surface area (Å²) >= 11 is 1.01. The molecule has 42 heavy (non-hydrogen) atoms. The lowest BCUT2D eigenvalue weighted by Gasteiger charge is -2.38. The second-order valence-corrected chi connectivity index (χ2v) is 11.3. The van der Waals surface area contributed by atoms with Crippen LogP contribution in [0.3, 0.4) is 0 Å². The van der Waals surface area contributed by atoms with Crippen molar-refractivity contribution in [3.63, 3.8) is 0 Å². The lowest BCUT2D eigenvalue weighted by molar-refractivity contribution is 0.0671. The van der Waals surface area contributed by atoms with Gasteiger partial charge >= 0.3 is 4.87 Å². The number of amides is 2. The summed E-state index contributed by atoms with van der Waals surface area (Å²) in [4.78, 5) is 44.4. The van der Waals surface area contributed by atoms with Crippen molar-refractivity contribution in [1.82, 2.24) is 25.4 Å². The molecule has 2 atom stereocenters. The van der Waals surface area contributed by atoms with Gasteiger partial charge in [0.2, 0.25) is 0 Å². The van der Waals surface area contributed by atoms with Gasteiger partial charge in [0.05, 0.1) is 11.4 Å². The third-order valence-electron chi connectivity index (χ3n) is 7.45. The number of nitrogens with zero attached hydrogens (tertiary/aromatic N) is 3. The fourth-order valence-corrected chi connectivity index (χ4v) is 6.12. The van der Waals surface area contributed by atoms with E-state index in [1.54, 1.807) is 41.3 Å². The number of hydrogen-bond donors (Lipinski definition) is 2. The molecule has 2 unspecified atom stereocenters. The summed E-state index contributed by atoms with van der Waals surface area (Å²) in [6.07, 6.45) is 0.531. The van der Waals surface area contributed by atoms with Crippen molar-refractivity contribution in [2.24, 2.45) is 0 Å². The highest BCUT2D eigenvalue weighted by molar-refractivity contribution is 7.08. The molecule has 0 aliphatic carbocycles. The zero-order chi connectivity index (χ0) is 29.1. The molecular weight excluding hydrogens is 550 g/mol. The van der Waals surface area contributed by atoms with Crippen LogP contribution in [0.15, 0.2) is 89.7 Å². The van der Waals surface area contributed by atoms with Crippen LogP contribution >= 0.6 is 11.3 Å². The van der Waals surface area contributed by atoms with Crippen LogP contribution in [-0.2, 0) is 6.61 Å². The molecule has 10 heteroatoms. The molecule has 1 aliphatic heterocycles. The predicted molar refractivity (Wildman–Crippen MR) is 161 cm³/mol. The highest BCUT2D eigenvalue weighted by Crippen LogP contribution is 2.29. The molecule has 2 aromatic heterocycles. The molecule has 212 valence electrons. The van der Waals surface area contributed by atoms with Crippen molar-refractivity contribution in [3.05, 3.63) is 122 Å². The quantitative estimate of drug-likeness (QED) is 0.289. The Bertz CT molecular complexity index is 1780. The van der Waals surface area contributed by atoms with Crippen LogP contribution in [0, 0.1) is 6.92 Å². The number of carbonyl (C=O) groups excluding carboxylic acids is 2. The van der Waals surface area contributed by atoms with Gasteiger partial charge in [-0.2, -0.15) is 5.10 Å². The van der Waals surface area contributed by atoms with E-state index in [2.05, 4.69) is 20.5 Å². The molecule has 9 nitrogen and oxygen atoms in total. The van der Waals surface area contributed by atoms with E-state index >= 15 is 0 Å². The summed E-state index contributed by atoms with van der Waals surface area (Å²) in [6.45, 7) is 3.16. The number of fused-ring (bicyclic) bond motifs is 1. The molecule has 0 saturated carbocycles. The molecule has 0 bridgehead atoms. The van der Waals surface area contributed by atoms with Crippen LogP contribution in [0.2, 0.25) is 0 Å². The predicted octanol–water partition coefficient (Wildman–Crippen LogP) is 4.70. The molecule has 1 aliphatic rings. The SMILES string of the molecule is Cc1cc(COc2ccc(C(=O)NC3CCN(C(=O)c4ccccc4)CC3c3n[nH]c(=O)s3)cc2)c2ccccc2n1. The van der Waals surface area contributed by atoms with E-state index in [-0.39, 0.29) is 28.6 Å². The van der Waals surface area contributed by atoms with Crippen LogP contribution in [0.25, 0.3) is 10.9 Å². The summed E-state index contributed by atoms with van der Waals surface area (Å²) in [6, 6.07) is 25.8. The normalized spacial score (nSPS) is 16.7. The number of aryl methyl sites for hydroxylation is 1. The van der Waals surface area contributed by atoms with Crippen molar-refractivity contribution in [2.75, 3.05) is 13.1 Å². The highest BCUT2D eigenvalue weighted by atomic mass is 32.1. The molecule has 0 radical (unpaired) electrons. The van der Waals surface area contributed by atoms with E-state index in [0.717, 1.165) is 33.5 Å². The van der Waals surface area contributed by atoms with Crippen LogP contribution in [0.1, 0.15) is 49.3 Å². The lowest BCUT2D eigenvalue weighted by atomic mass is 9.91. The van der Waals surface area contributed by atoms with Crippen molar-refractivity contribution in [2.45, 2.75) is 31.9 Å². The Hall–Kier alpha value is -4.83. The number of para-hydroxylation sites is 1. The van der Waals surface area contributed by atoms with E-state index in [9.17, 15) is 14.4 Å². The third-order valence-corrected chi connectivity index (χ3v) is 8.33. The molecule has 1 fully saturated rings. The van der Waals surface area contributed by atoms with Crippen molar-refractivity contribution >= 4 is 34.1 Å². The minimum atomic E-state index is -0.319. The van der Waals surface area contributed by atoms with Gasteiger partial charge < -0.3 is 15.0 Å². The van der Waals surface area contributed by atoms with Gasteiger partial charge in [-0.1, -0.05) is 47.7 Å². The monoisotopic (exact) mass is 579 g/mol. The first kappa shape index (κ1) is 27.3. The Balaban J connectivity index is 1.13. The number of carbonyl (C=O) groups is 2. The van der Waals surface area contributed by atoms with Crippen molar-refractivity contribution in [1.29, 1.82) is 0 Å². The molecular formula is C32H29N5O4S.